The Balaban J connectivity index is 1.25. The number of hydrogen-bond donors (Lipinski definition) is 3. The van der Waals surface area contributed by atoms with E-state index in [0.29, 0.717) is 31.6 Å². The lowest BCUT2D eigenvalue weighted by atomic mass is 9.82. The van der Waals surface area contributed by atoms with Gasteiger partial charge in [0.1, 0.15) is 5.75 Å². The molecule has 2 amide bonds. The van der Waals surface area contributed by atoms with E-state index in [9.17, 15) is 14.7 Å². The van der Waals surface area contributed by atoms with Crippen molar-refractivity contribution in [2.75, 3.05) is 30.5 Å². The largest absolute Gasteiger partial charge is 0.497 e. The first-order valence-electron chi connectivity index (χ1n) is 17.8. The second-order valence-electron chi connectivity index (χ2n) is 14.4. The van der Waals surface area contributed by atoms with Crippen LogP contribution in [-0.2, 0) is 39.3 Å². The molecule has 3 aromatic carbocycles. The molecular formula is C40H46N6O5Si. The van der Waals surface area contributed by atoms with Crippen molar-refractivity contribution in [2.45, 2.75) is 63.1 Å². The number of carbonyl (C=O) groups excluding carboxylic acids is 2. The number of H-pyrrole nitrogens is 1. The number of carbonyl (C=O) groups is 2. The van der Waals surface area contributed by atoms with E-state index in [1.54, 1.807) is 22.8 Å². The number of amides is 2. The van der Waals surface area contributed by atoms with Gasteiger partial charge in [0.15, 0.2) is 5.60 Å². The predicted octanol–water partition coefficient (Wildman–Crippen LogP) is 5.32. The quantitative estimate of drug-likeness (QED) is 0.111. The first kappa shape index (κ1) is 35.4. The molecule has 7 rings (SSSR count). The third kappa shape index (κ3) is 6.14. The lowest BCUT2D eigenvalue weighted by Gasteiger charge is -2.37. The highest BCUT2D eigenvalue weighted by molar-refractivity contribution is 6.91. The zero-order chi connectivity index (χ0) is 36.6. The van der Waals surface area contributed by atoms with Gasteiger partial charge in [0.2, 0.25) is 5.91 Å². The van der Waals surface area contributed by atoms with E-state index in [1.165, 1.54) is 5.19 Å². The van der Waals surface area contributed by atoms with Crippen molar-refractivity contribution in [3.8, 4) is 5.75 Å². The van der Waals surface area contributed by atoms with Crippen molar-refractivity contribution in [3.63, 3.8) is 0 Å². The minimum absolute atomic E-state index is 0.00237. The van der Waals surface area contributed by atoms with E-state index >= 15 is 0 Å². The predicted molar refractivity (Wildman–Crippen MR) is 205 cm³/mol. The van der Waals surface area contributed by atoms with Crippen LogP contribution in [0, 0.1) is 5.92 Å². The van der Waals surface area contributed by atoms with Gasteiger partial charge in [0.05, 0.1) is 39.1 Å². The summed E-state index contributed by atoms with van der Waals surface area (Å²) in [5, 5.41) is 23.3. The van der Waals surface area contributed by atoms with E-state index in [0.717, 1.165) is 39.2 Å². The molecule has 11 nitrogen and oxygen atoms in total. The Labute approximate surface area is 304 Å². The van der Waals surface area contributed by atoms with Crippen molar-refractivity contribution in [3.05, 3.63) is 109 Å². The fourth-order valence-corrected chi connectivity index (χ4v) is 12.6. The lowest BCUT2D eigenvalue weighted by molar-refractivity contribution is -0.145. The number of rotatable bonds is 13. The molecule has 2 aliphatic rings. The van der Waals surface area contributed by atoms with Gasteiger partial charge >= 0.3 is 0 Å². The normalized spacial score (nSPS) is 21.2. The molecule has 1 fully saturated rings. The summed E-state index contributed by atoms with van der Waals surface area (Å²) in [5.74, 6) is 0.320. The van der Waals surface area contributed by atoms with Gasteiger partial charge in [0.25, 0.3) is 5.91 Å². The lowest BCUT2D eigenvalue weighted by Crippen LogP contribution is -2.51. The molecule has 0 aliphatic carbocycles. The standard InChI is InChI=1S/C40H46N6O5Si/c1-6-19-46-35-16-11-28(42-37(48)22-27-24-41-34-10-8-7-9-32(27)34)23-33(35)40(39(46)49)26(2)38(52(4,5)31-14-12-30(50-3)13-15-31)36(51-40)17-20-45-25-29(18-21-47)43-44-45/h6-16,23-26,36,38,41,47H,1,17-22H2,2-5H3,(H,42,48)/t26-,36+,38-,40+/m0/s1. The molecule has 1 saturated heterocycles. The van der Waals surface area contributed by atoms with E-state index in [4.69, 9.17) is 9.47 Å². The summed E-state index contributed by atoms with van der Waals surface area (Å²) in [6, 6.07) is 21.9. The van der Waals surface area contributed by atoms with Gasteiger partial charge in [-0.15, -0.1) is 11.7 Å². The highest BCUT2D eigenvalue weighted by atomic mass is 28.3. The topological polar surface area (TPSA) is 135 Å². The Morgan fingerprint density at radius 2 is 1.96 bits per heavy atom. The Bertz CT molecular complexity index is 2110. The molecule has 5 aromatic rings. The fourth-order valence-electron chi connectivity index (χ4n) is 8.56. The van der Waals surface area contributed by atoms with Crippen LogP contribution >= 0.6 is 0 Å². The van der Waals surface area contributed by atoms with Crippen LogP contribution in [0.5, 0.6) is 5.75 Å². The molecule has 2 aliphatic heterocycles. The number of aryl methyl sites for hydroxylation is 1. The van der Waals surface area contributed by atoms with Crippen molar-refractivity contribution in [1.82, 2.24) is 20.0 Å². The number of benzene rings is 3. The molecule has 12 heteroatoms. The Hall–Kier alpha value is -5.04. The summed E-state index contributed by atoms with van der Waals surface area (Å²) in [4.78, 5) is 33.3. The monoisotopic (exact) mass is 718 g/mol. The van der Waals surface area contributed by atoms with Crippen LogP contribution in [0.3, 0.4) is 0 Å². The Morgan fingerprint density at radius 1 is 1.17 bits per heavy atom. The van der Waals surface area contributed by atoms with Crippen LogP contribution in [0.15, 0.2) is 91.8 Å². The Morgan fingerprint density at radius 3 is 2.71 bits per heavy atom. The average molecular weight is 719 g/mol. The molecule has 270 valence electrons. The molecule has 0 unspecified atom stereocenters. The number of methoxy groups -OCH3 is 1. The van der Waals surface area contributed by atoms with Gasteiger partial charge in [0, 0.05) is 66.6 Å². The number of aromatic amines is 1. The number of fused-ring (bicyclic) bond motifs is 3. The highest BCUT2D eigenvalue weighted by Crippen LogP contribution is 2.60. The Kier molecular flexibility index (Phi) is 9.64. The van der Waals surface area contributed by atoms with Crippen LogP contribution in [0.2, 0.25) is 18.6 Å². The van der Waals surface area contributed by atoms with E-state index in [2.05, 4.69) is 59.3 Å². The van der Waals surface area contributed by atoms with Crippen molar-refractivity contribution in [1.29, 1.82) is 0 Å². The summed E-state index contributed by atoms with van der Waals surface area (Å²) in [6.07, 6.45) is 6.43. The number of para-hydroxylation sites is 1. The first-order valence-corrected chi connectivity index (χ1v) is 20.9. The van der Waals surface area contributed by atoms with Crippen molar-refractivity contribution in [2.24, 2.45) is 5.92 Å². The summed E-state index contributed by atoms with van der Waals surface area (Å²) < 4.78 is 14.5. The molecule has 3 N–H and O–H groups in total. The number of anilines is 2. The molecule has 0 saturated carbocycles. The second kappa shape index (κ2) is 14.2. The molecule has 2 aromatic heterocycles. The first-order chi connectivity index (χ1) is 25.1. The number of hydrogen-bond acceptors (Lipinski definition) is 7. The maximum absolute atomic E-state index is 14.9. The highest BCUT2D eigenvalue weighted by Gasteiger charge is 2.66. The van der Waals surface area contributed by atoms with E-state index in [-0.39, 0.29) is 42.4 Å². The van der Waals surface area contributed by atoms with Crippen LogP contribution in [0.25, 0.3) is 10.9 Å². The van der Waals surface area contributed by atoms with Gasteiger partial charge < -0.3 is 29.8 Å². The van der Waals surface area contributed by atoms with Gasteiger partial charge in [-0.2, -0.15) is 0 Å². The van der Waals surface area contributed by atoms with Crippen molar-refractivity contribution >= 4 is 47.4 Å². The van der Waals surface area contributed by atoms with Gasteiger partial charge in [-0.25, -0.2) is 0 Å². The molecule has 0 radical (unpaired) electrons. The van der Waals surface area contributed by atoms with Crippen LogP contribution in [-0.4, -0.2) is 71.3 Å². The fraction of sp³-hybridized carbons (Fsp3) is 0.350. The average Bonchev–Trinajstić information content (AvgIpc) is 3.89. The molecule has 4 atom stereocenters. The van der Waals surface area contributed by atoms with E-state index < -0.39 is 13.7 Å². The third-order valence-corrected chi connectivity index (χ3v) is 15.4. The minimum atomic E-state index is -2.36. The summed E-state index contributed by atoms with van der Waals surface area (Å²) in [6.45, 7) is 11.7. The number of ether oxygens (including phenoxy) is 2. The van der Waals surface area contributed by atoms with Gasteiger partial charge in [-0.1, -0.05) is 66.8 Å². The zero-order valence-corrected chi connectivity index (χ0v) is 31.1. The minimum Gasteiger partial charge on any atom is -0.497 e. The summed E-state index contributed by atoms with van der Waals surface area (Å²) in [7, 11) is -0.696. The molecule has 52 heavy (non-hydrogen) atoms. The number of aromatic nitrogens is 4. The second-order valence-corrected chi connectivity index (χ2v) is 19.1. The van der Waals surface area contributed by atoms with Gasteiger partial charge in [-0.05, 0) is 53.9 Å². The zero-order valence-electron chi connectivity index (χ0n) is 30.1. The molecule has 4 heterocycles. The number of nitrogens with zero attached hydrogens (tertiary/aromatic N) is 4. The van der Waals surface area contributed by atoms with Gasteiger partial charge in [-0.3, -0.25) is 14.3 Å². The van der Waals surface area contributed by atoms with Crippen LogP contribution in [0.4, 0.5) is 11.4 Å². The summed E-state index contributed by atoms with van der Waals surface area (Å²) >= 11 is 0. The maximum Gasteiger partial charge on any atom is 0.264 e. The smallest absolute Gasteiger partial charge is 0.264 e. The molecule has 1 spiro atoms. The van der Waals surface area contributed by atoms with E-state index in [1.807, 2.05) is 67.0 Å². The number of nitrogens with one attached hydrogen (secondary N) is 2. The third-order valence-electron chi connectivity index (χ3n) is 11.1. The summed E-state index contributed by atoms with van der Waals surface area (Å²) in [5.41, 5.74) is 3.51. The SMILES string of the molecule is C=CCN1C(=O)[C@]2(O[C@H](CCn3cc(CCO)nn3)[C@@H]([Si](C)(C)c3ccc(OC)cc3)[C@@H]2C)c2cc(NC(=O)Cc3c[nH]c4ccccc34)ccc21. The molecule has 0 bridgehead atoms. The van der Waals surface area contributed by atoms with Crippen molar-refractivity contribution < 1.29 is 24.2 Å². The van der Waals surface area contributed by atoms with Crippen LogP contribution < -0.4 is 20.1 Å². The number of aliphatic hydroxyl groups is 1. The molecular weight excluding hydrogens is 673 g/mol. The number of aliphatic hydroxyl groups excluding tert-OH is 1. The van der Waals surface area contributed by atoms with Crippen LogP contribution in [0.1, 0.15) is 30.2 Å². The maximum atomic E-state index is 14.9.